The van der Waals surface area contributed by atoms with Crippen molar-refractivity contribution in [3.8, 4) is 0 Å². The molecule has 0 saturated heterocycles. The van der Waals surface area contributed by atoms with Crippen molar-refractivity contribution in [3.63, 3.8) is 0 Å². The Morgan fingerprint density at radius 3 is 2.54 bits per heavy atom. The Bertz CT molecular complexity index is 645. The number of guanidine groups is 1. The summed E-state index contributed by atoms with van der Waals surface area (Å²) in [5, 5.41) is 10.7. The Balaban J connectivity index is 0.00000288. The van der Waals surface area contributed by atoms with Gasteiger partial charge in [-0.05, 0) is 20.8 Å². The Labute approximate surface area is 168 Å². The zero-order valence-electron chi connectivity index (χ0n) is 14.7. The predicted octanol–water partition coefficient (Wildman–Crippen LogP) is 3.16. The number of hydrogen-bond donors (Lipinski definition) is 2. The average molecular weight is 480 g/mol. The lowest BCUT2D eigenvalue weighted by molar-refractivity contribution is 0.807. The molecule has 6 nitrogen and oxygen atoms in total. The SMILES string of the molecule is CCNC(=NCc1csc(N(C)C)n1)NCc1nc(C)c(C)s1.I. The largest absolute Gasteiger partial charge is 0.357 e. The Morgan fingerprint density at radius 1 is 1.25 bits per heavy atom. The van der Waals surface area contributed by atoms with E-state index in [-0.39, 0.29) is 24.0 Å². The second kappa shape index (κ2) is 10.1. The van der Waals surface area contributed by atoms with Gasteiger partial charge in [-0.1, -0.05) is 0 Å². The number of nitrogens with zero attached hydrogens (tertiary/aromatic N) is 4. The first-order valence-electron chi connectivity index (χ1n) is 7.56. The summed E-state index contributed by atoms with van der Waals surface area (Å²) in [6.45, 7) is 8.27. The van der Waals surface area contributed by atoms with Crippen molar-refractivity contribution in [2.24, 2.45) is 4.99 Å². The fraction of sp³-hybridized carbons (Fsp3) is 0.533. The number of anilines is 1. The zero-order valence-corrected chi connectivity index (χ0v) is 18.7. The third kappa shape index (κ3) is 6.17. The molecule has 0 aromatic carbocycles. The number of halogens is 1. The van der Waals surface area contributed by atoms with Gasteiger partial charge in [0.25, 0.3) is 0 Å². The van der Waals surface area contributed by atoms with E-state index < -0.39 is 0 Å². The van der Waals surface area contributed by atoms with Crippen molar-refractivity contribution >= 4 is 57.7 Å². The van der Waals surface area contributed by atoms with Crippen LogP contribution < -0.4 is 15.5 Å². The molecule has 0 atom stereocenters. The Hall–Kier alpha value is -0.940. The highest BCUT2D eigenvalue weighted by molar-refractivity contribution is 14.0. The normalized spacial score (nSPS) is 11.1. The highest BCUT2D eigenvalue weighted by Crippen LogP contribution is 2.18. The van der Waals surface area contributed by atoms with E-state index in [1.54, 1.807) is 22.7 Å². The second-order valence-electron chi connectivity index (χ2n) is 5.31. The minimum atomic E-state index is 0. The van der Waals surface area contributed by atoms with Gasteiger partial charge in [-0.2, -0.15) is 0 Å². The number of rotatable bonds is 6. The quantitative estimate of drug-likeness (QED) is 0.378. The number of thiazole rings is 2. The predicted molar refractivity (Wildman–Crippen MR) is 115 cm³/mol. The summed E-state index contributed by atoms with van der Waals surface area (Å²) in [6.07, 6.45) is 0. The summed E-state index contributed by atoms with van der Waals surface area (Å²) in [5.74, 6) is 0.789. The van der Waals surface area contributed by atoms with Gasteiger partial charge in [0.2, 0.25) is 0 Å². The molecule has 0 bridgehead atoms. The lowest BCUT2D eigenvalue weighted by Crippen LogP contribution is -2.36. The van der Waals surface area contributed by atoms with Crippen LogP contribution in [0.2, 0.25) is 0 Å². The van der Waals surface area contributed by atoms with E-state index in [9.17, 15) is 0 Å². The van der Waals surface area contributed by atoms with Gasteiger partial charge < -0.3 is 15.5 Å². The third-order valence-electron chi connectivity index (χ3n) is 3.15. The highest BCUT2D eigenvalue weighted by atomic mass is 127. The van der Waals surface area contributed by atoms with E-state index in [2.05, 4.69) is 44.8 Å². The summed E-state index contributed by atoms with van der Waals surface area (Å²) in [6, 6.07) is 0. The molecule has 2 N–H and O–H groups in total. The van der Waals surface area contributed by atoms with Gasteiger partial charge in [-0.25, -0.2) is 15.0 Å². The molecule has 24 heavy (non-hydrogen) atoms. The first-order valence-corrected chi connectivity index (χ1v) is 9.26. The number of hydrogen-bond acceptors (Lipinski definition) is 6. The molecule has 0 fully saturated rings. The molecule has 0 amide bonds. The van der Waals surface area contributed by atoms with Crippen molar-refractivity contribution in [3.05, 3.63) is 26.7 Å². The summed E-state index contributed by atoms with van der Waals surface area (Å²) in [5.41, 5.74) is 2.09. The minimum absolute atomic E-state index is 0. The standard InChI is InChI=1S/C15H24N6S2.HI/c1-6-16-14(18-8-13-19-10(2)11(3)23-13)17-7-12-9-22-15(20-12)21(4)5;/h9H,6-8H2,1-5H3,(H2,16,17,18);1H. The maximum Gasteiger partial charge on any atom is 0.191 e. The molecule has 2 heterocycles. The van der Waals surface area contributed by atoms with Crippen molar-refractivity contribution in [2.75, 3.05) is 25.5 Å². The summed E-state index contributed by atoms with van der Waals surface area (Å²) in [4.78, 5) is 17.0. The van der Waals surface area contributed by atoms with Crippen molar-refractivity contribution in [1.82, 2.24) is 20.6 Å². The van der Waals surface area contributed by atoms with Gasteiger partial charge in [-0.3, -0.25) is 0 Å². The fourth-order valence-electron chi connectivity index (χ4n) is 1.85. The van der Waals surface area contributed by atoms with Gasteiger partial charge in [0.05, 0.1) is 24.5 Å². The van der Waals surface area contributed by atoms with Crippen molar-refractivity contribution < 1.29 is 0 Å². The average Bonchev–Trinajstić information content (AvgIpc) is 3.10. The maximum atomic E-state index is 4.60. The van der Waals surface area contributed by atoms with E-state index in [1.165, 1.54) is 4.88 Å². The van der Waals surface area contributed by atoms with Crippen LogP contribution in [-0.4, -0.2) is 36.6 Å². The van der Waals surface area contributed by atoms with Crippen LogP contribution in [0, 0.1) is 13.8 Å². The van der Waals surface area contributed by atoms with Gasteiger partial charge in [0.15, 0.2) is 11.1 Å². The topological polar surface area (TPSA) is 65.4 Å². The van der Waals surface area contributed by atoms with Crippen LogP contribution in [0.1, 0.15) is 28.2 Å². The van der Waals surface area contributed by atoms with E-state index in [1.807, 2.05) is 25.9 Å². The van der Waals surface area contributed by atoms with Gasteiger partial charge in [-0.15, -0.1) is 46.7 Å². The minimum Gasteiger partial charge on any atom is -0.357 e. The van der Waals surface area contributed by atoms with Crippen LogP contribution in [0.15, 0.2) is 10.4 Å². The van der Waals surface area contributed by atoms with Gasteiger partial charge in [0, 0.05) is 30.9 Å². The van der Waals surface area contributed by atoms with Gasteiger partial charge in [0.1, 0.15) is 5.01 Å². The molecule has 0 unspecified atom stereocenters. The van der Waals surface area contributed by atoms with Crippen LogP contribution in [-0.2, 0) is 13.1 Å². The molecule has 0 aliphatic heterocycles. The molecule has 2 aromatic rings. The summed E-state index contributed by atoms with van der Waals surface area (Å²) >= 11 is 3.36. The lowest BCUT2D eigenvalue weighted by Gasteiger charge is -2.09. The van der Waals surface area contributed by atoms with Crippen molar-refractivity contribution in [2.45, 2.75) is 33.9 Å². The molecule has 0 aliphatic carbocycles. The monoisotopic (exact) mass is 480 g/mol. The first-order chi connectivity index (χ1) is 11.0. The molecule has 0 spiro atoms. The van der Waals surface area contributed by atoms with Crippen LogP contribution in [0.25, 0.3) is 0 Å². The fourth-order valence-corrected chi connectivity index (χ4v) is 3.47. The molecule has 0 radical (unpaired) electrons. The number of aliphatic imine (C=N–C) groups is 1. The second-order valence-corrected chi connectivity index (χ2v) is 7.44. The highest BCUT2D eigenvalue weighted by Gasteiger charge is 2.06. The van der Waals surface area contributed by atoms with Gasteiger partial charge >= 0.3 is 0 Å². The Morgan fingerprint density at radius 2 is 2.00 bits per heavy atom. The maximum absolute atomic E-state index is 4.60. The number of nitrogens with one attached hydrogen (secondary N) is 2. The van der Waals surface area contributed by atoms with Crippen LogP contribution in [0.5, 0.6) is 0 Å². The molecule has 9 heteroatoms. The van der Waals surface area contributed by atoms with Crippen molar-refractivity contribution in [1.29, 1.82) is 0 Å². The Kier molecular flexibility index (Phi) is 8.92. The van der Waals surface area contributed by atoms with E-state index in [0.29, 0.717) is 13.1 Å². The number of aromatic nitrogens is 2. The molecule has 2 rings (SSSR count). The van der Waals surface area contributed by atoms with Crippen LogP contribution in [0.3, 0.4) is 0 Å². The third-order valence-corrected chi connectivity index (χ3v) is 5.28. The smallest absolute Gasteiger partial charge is 0.191 e. The summed E-state index contributed by atoms with van der Waals surface area (Å²) < 4.78 is 0. The molecule has 134 valence electrons. The van der Waals surface area contributed by atoms with E-state index in [4.69, 9.17) is 0 Å². The van der Waals surface area contributed by atoms with Crippen LogP contribution in [0.4, 0.5) is 5.13 Å². The van der Waals surface area contributed by atoms with E-state index in [0.717, 1.165) is 34.0 Å². The zero-order chi connectivity index (χ0) is 16.8. The summed E-state index contributed by atoms with van der Waals surface area (Å²) in [7, 11) is 3.99. The molecular formula is C15H25IN6S2. The molecular weight excluding hydrogens is 455 g/mol. The lowest BCUT2D eigenvalue weighted by atomic mass is 10.4. The molecule has 0 saturated carbocycles. The van der Waals surface area contributed by atoms with Crippen LogP contribution >= 0.6 is 46.7 Å². The first kappa shape index (κ1) is 21.1. The number of aryl methyl sites for hydroxylation is 2. The molecule has 0 aliphatic rings. The van der Waals surface area contributed by atoms with E-state index >= 15 is 0 Å². The molecule has 2 aromatic heterocycles.